The van der Waals surface area contributed by atoms with E-state index in [1.807, 2.05) is 41.3 Å². The van der Waals surface area contributed by atoms with Crippen LogP contribution in [0.3, 0.4) is 0 Å². The molecular formula is C19H20BrNO3. The summed E-state index contributed by atoms with van der Waals surface area (Å²) in [5.74, 6) is 0.118. The second-order valence-electron chi connectivity index (χ2n) is 5.86. The van der Waals surface area contributed by atoms with Crippen molar-refractivity contribution in [1.82, 2.24) is 4.90 Å². The Morgan fingerprint density at radius 2 is 1.88 bits per heavy atom. The van der Waals surface area contributed by atoms with Crippen molar-refractivity contribution in [2.45, 2.75) is 12.3 Å². The summed E-state index contributed by atoms with van der Waals surface area (Å²) in [6.45, 7) is 2.43. The standard InChI is InChI=1S/C19H20BrNO3/c20-15-6-7-18(22)17(12-15)16(14-4-2-1-3-5-14)13-19(23)21-8-10-24-11-9-21/h1-7,12,16,22H,8-11,13H2/t16-/m0/s1. The lowest BCUT2D eigenvalue weighted by Crippen LogP contribution is -2.41. The van der Waals surface area contributed by atoms with Crippen molar-refractivity contribution in [3.63, 3.8) is 0 Å². The molecule has 1 atom stereocenters. The zero-order valence-electron chi connectivity index (χ0n) is 13.3. The van der Waals surface area contributed by atoms with Crippen LogP contribution in [0.15, 0.2) is 53.0 Å². The van der Waals surface area contributed by atoms with E-state index in [2.05, 4.69) is 15.9 Å². The molecule has 0 aromatic heterocycles. The molecular weight excluding hydrogens is 370 g/mol. The molecule has 5 heteroatoms. The summed E-state index contributed by atoms with van der Waals surface area (Å²) in [6, 6.07) is 15.2. The Bertz CT molecular complexity index is 699. The lowest BCUT2D eigenvalue weighted by atomic mass is 9.87. The monoisotopic (exact) mass is 389 g/mol. The molecule has 0 bridgehead atoms. The normalized spacial score (nSPS) is 16.0. The Kier molecular flexibility index (Phi) is 5.53. The van der Waals surface area contributed by atoms with Crippen LogP contribution < -0.4 is 0 Å². The van der Waals surface area contributed by atoms with Crippen LogP contribution in [-0.4, -0.2) is 42.2 Å². The molecule has 1 saturated heterocycles. The van der Waals surface area contributed by atoms with Gasteiger partial charge in [0.15, 0.2) is 0 Å². The van der Waals surface area contributed by atoms with Gasteiger partial charge in [0.25, 0.3) is 0 Å². The molecule has 4 nitrogen and oxygen atoms in total. The van der Waals surface area contributed by atoms with Crippen LogP contribution in [0.4, 0.5) is 0 Å². The van der Waals surface area contributed by atoms with Gasteiger partial charge in [0, 0.05) is 35.5 Å². The number of ether oxygens (including phenoxy) is 1. The van der Waals surface area contributed by atoms with E-state index in [0.717, 1.165) is 15.6 Å². The van der Waals surface area contributed by atoms with Crippen molar-refractivity contribution >= 4 is 21.8 Å². The fourth-order valence-electron chi connectivity index (χ4n) is 3.01. The van der Waals surface area contributed by atoms with Crippen LogP contribution in [0.25, 0.3) is 0 Å². The van der Waals surface area contributed by atoms with Crippen LogP contribution >= 0.6 is 15.9 Å². The fraction of sp³-hybridized carbons (Fsp3) is 0.316. The van der Waals surface area contributed by atoms with Gasteiger partial charge in [0.2, 0.25) is 5.91 Å². The smallest absolute Gasteiger partial charge is 0.223 e. The van der Waals surface area contributed by atoms with Crippen molar-refractivity contribution in [3.05, 3.63) is 64.1 Å². The molecule has 2 aromatic rings. The molecule has 1 aliphatic rings. The van der Waals surface area contributed by atoms with Crippen LogP contribution in [0.1, 0.15) is 23.5 Å². The lowest BCUT2D eigenvalue weighted by molar-refractivity contribution is -0.135. The second-order valence-corrected chi connectivity index (χ2v) is 6.78. The number of hydrogen-bond donors (Lipinski definition) is 1. The molecule has 1 fully saturated rings. The summed E-state index contributed by atoms with van der Waals surface area (Å²) in [5, 5.41) is 10.3. The minimum Gasteiger partial charge on any atom is -0.508 e. The highest BCUT2D eigenvalue weighted by molar-refractivity contribution is 9.10. The maximum Gasteiger partial charge on any atom is 0.223 e. The number of aromatic hydroxyl groups is 1. The number of halogens is 1. The number of nitrogens with zero attached hydrogens (tertiary/aromatic N) is 1. The highest BCUT2D eigenvalue weighted by Gasteiger charge is 2.25. The molecule has 0 radical (unpaired) electrons. The van der Waals surface area contributed by atoms with E-state index in [1.165, 1.54) is 0 Å². The second kappa shape index (κ2) is 7.81. The van der Waals surface area contributed by atoms with E-state index >= 15 is 0 Å². The van der Waals surface area contributed by atoms with Crippen molar-refractivity contribution in [1.29, 1.82) is 0 Å². The van der Waals surface area contributed by atoms with E-state index in [9.17, 15) is 9.90 Å². The van der Waals surface area contributed by atoms with Crippen molar-refractivity contribution in [3.8, 4) is 5.75 Å². The number of phenolic OH excluding ortho intramolecular Hbond substituents is 1. The molecule has 0 saturated carbocycles. The van der Waals surface area contributed by atoms with E-state index in [0.29, 0.717) is 32.7 Å². The summed E-state index contributed by atoms with van der Waals surface area (Å²) in [4.78, 5) is 14.6. The summed E-state index contributed by atoms with van der Waals surface area (Å²) < 4.78 is 6.20. The molecule has 3 rings (SSSR count). The Morgan fingerprint density at radius 1 is 1.17 bits per heavy atom. The summed E-state index contributed by atoms with van der Waals surface area (Å²) >= 11 is 3.46. The molecule has 1 N–H and O–H groups in total. The number of hydrogen-bond acceptors (Lipinski definition) is 3. The van der Waals surface area contributed by atoms with Gasteiger partial charge in [-0.3, -0.25) is 4.79 Å². The topological polar surface area (TPSA) is 49.8 Å². The number of carbonyl (C=O) groups excluding carboxylic acids is 1. The predicted molar refractivity (Wildman–Crippen MR) is 96.1 cm³/mol. The molecule has 0 unspecified atom stereocenters. The first-order valence-electron chi connectivity index (χ1n) is 8.04. The van der Waals surface area contributed by atoms with Crippen LogP contribution in [0.5, 0.6) is 5.75 Å². The highest BCUT2D eigenvalue weighted by atomic mass is 79.9. The first kappa shape index (κ1) is 17.0. The Hall–Kier alpha value is -1.85. The minimum absolute atomic E-state index is 0.0894. The Balaban J connectivity index is 1.90. The quantitative estimate of drug-likeness (QED) is 0.869. The lowest BCUT2D eigenvalue weighted by Gasteiger charge is -2.29. The molecule has 1 amide bonds. The van der Waals surface area contributed by atoms with Gasteiger partial charge in [-0.05, 0) is 23.8 Å². The first-order valence-corrected chi connectivity index (χ1v) is 8.83. The molecule has 2 aromatic carbocycles. The van der Waals surface area contributed by atoms with Crippen LogP contribution in [-0.2, 0) is 9.53 Å². The third-order valence-electron chi connectivity index (χ3n) is 4.31. The van der Waals surface area contributed by atoms with Gasteiger partial charge in [-0.15, -0.1) is 0 Å². The number of benzene rings is 2. The SMILES string of the molecule is O=C(C[C@@H](c1ccccc1)c1cc(Br)ccc1O)N1CCOCC1. The molecule has 0 aliphatic carbocycles. The van der Waals surface area contributed by atoms with Crippen LogP contribution in [0.2, 0.25) is 0 Å². The number of morpholine rings is 1. The van der Waals surface area contributed by atoms with Gasteiger partial charge in [0.1, 0.15) is 5.75 Å². The molecule has 24 heavy (non-hydrogen) atoms. The third-order valence-corrected chi connectivity index (χ3v) is 4.80. The predicted octanol–water partition coefficient (Wildman–Crippen LogP) is 3.54. The Labute approximate surface area is 150 Å². The summed E-state index contributed by atoms with van der Waals surface area (Å²) in [5.41, 5.74) is 1.78. The average molecular weight is 390 g/mol. The van der Waals surface area contributed by atoms with Gasteiger partial charge in [-0.2, -0.15) is 0 Å². The molecule has 0 spiro atoms. The van der Waals surface area contributed by atoms with Crippen molar-refractivity contribution in [2.75, 3.05) is 26.3 Å². The van der Waals surface area contributed by atoms with Gasteiger partial charge < -0.3 is 14.7 Å². The highest BCUT2D eigenvalue weighted by Crippen LogP contribution is 2.36. The van der Waals surface area contributed by atoms with Gasteiger partial charge in [-0.25, -0.2) is 0 Å². The van der Waals surface area contributed by atoms with Crippen molar-refractivity contribution in [2.24, 2.45) is 0 Å². The molecule has 126 valence electrons. The fourth-order valence-corrected chi connectivity index (χ4v) is 3.39. The molecule has 1 aliphatic heterocycles. The molecule has 1 heterocycles. The minimum atomic E-state index is -0.181. The average Bonchev–Trinajstić information content (AvgIpc) is 2.63. The Morgan fingerprint density at radius 3 is 2.58 bits per heavy atom. The maximum absolute atomic E-state index is 12.7. The number of amides is 1. The largest absolute Gasteiger partial charge is 0.508 e. The van der Waals surface area contributed by atoms with E-state index in [4.69, 9.17) is 4.74 Å². The summed E-state index contributed by atoms with van der Waals surface area (Å²) in [6.07, 6.45) is 0.327. The van der Waals surface area contributed by atoms with E-state index < -0.39 is 0 Å². The van der Waals surface area contributed by atoms with Gasteiger partial charge in [-0.1, -0.05) is 46.3 Å². The van der Waals surface area contributed by atoms with Crippen molar-refractivity contribution < 1.29 is 14.6 Å². The van der Waals surface area contributed by atoms with E-state index in [1.54, 1.807) is 12.1 Å². The summed E-state index contributed by atoms with van der Waals surface area (Å²) in [7, 11) is 0. The van der Waals surface area contributed by atoms with Gasteiger partial charge in [0.05, 0.1) is 13.2 Å². The van der Waals surface area contributed by atoms with E-state index in [-0.39, 0.29) is 17.6 Å². The maximum atomic E-state index is 12.7. The number of carbonyl (C=O) groups is 1. The van der Waals surface area contributed by atoms with Gasteiger partial charge >= 0.3 is 0 Å². The number of phenols is 1. The third kappa shape index (κ3) is 3.97. The van der Waals surface area contributed by atoms with Crippen LogP contribution in [0, 0.1) is 0 Å². The number of rotatable bonds is 4. The first-order chi connectivity index (χ1) is 11.6. The zero-order chi connectivity index (χ0) is 16.9. The zero-order valence-corrected chi connectivity index (χ0v) is 14.9.